The molecular weight excluding hydrogens is 264 g/mol. The topological polar surface area (TPSA) is 47.3 Å². The van der Waals surface area contributed by atoms with Crippen molar-refractivity contribution in [1.82, 2.24) is 5.43 Å². The molecule has 2 rings (SSSR count). The van der Waals surface area contributed by atoms with Crippen LogP contribution in [0.15, 0.2) is 0 Å². The minimum atomic E-state index is 0.468. The molecule has 3 unspecified atom stereocenters. The Balaban J connectivity index is 1.89. The summed E-state index contributed by atoms with van der Waals surface area (Å²) in [5.74, 6) is 9.21. The smallest absolute Gasteiger partial charge is 0.0468 e. The second-order valence-electron chi connectivity index (χ2n) is 5.22. The average Bonchev–Trinajstić information content (AvgIpc) is 2.46. The van der Waals surface area contributed by atoms with E-state index in [1.807, 2.05) is 0 Å². The fourth-order valence-electron chi connectivity index (χ4n) is 2.95. The van der Waals surface area contributed by atoms with Gasteiger partial charge < -0.3 is 4.74 Å². The molecule has 3 N–H and O–H groups in total. The van der Waals surface area contributed by atoms with Crippen molar-refractivity contribution in [3.63, 3.8) is 0 Å². The monoisotopic (exact) mass is 290 g/mol. The number of nitrogens with two attached hydrogens (primary N) is 1. The molecule has 106 valence electrons. The summed E-state index contributed by atoms with van der Waals surface area (Å²) < 4.78 is 5.44. The fourth-order valence-corrected chi connectivity index (χ4v) is 6.21. The highest BCUT2D eigenvalue weighted by Gasteiger charge is 2.33. The second kappa shape index (κ2) is 8.00. The Hall–Kier alpha value is 0.580. The molecule has 2 aliphatic rings. The van der Waals surface area contributed by atoms with Crippen LogP contribution in [0.3, 0.4) is 0 Å². The predicted molar refractivity (Wildman–Crippen MR) is 82.1 cm³/mol. The summed E-state index contributed by atoms with van der Waals surface area (Å²) in [4.78, 5) is 0. The summed E-state index contributed by atoms with van der Waals surface area (Å²) in [6.07, 6.45) is 4.89. The molecule has 0 aromatic heterocycles. The summed E-state index contributed by atoms with van der Waals surface area (Å²) in [5.41, 5.74) is 3.11. The van der Waals surface area contributed by atoms with E-state index in [4.69, 9.17) is 10.6 Å². The molecule has 0 spiro atoms. The molecule has 2 heterocycles. The molecule has 0 radical (unpaired) electrons. The van der Waals surface area contributed by atoms with Crippen LogP contribution in [0.25, 0.3) is 0 Å². The van der Waals surface area contributed by atoms with Gasteiger partial charge in [0.25, 0.3) is 0 Å². The predicted octanol–water partition coefficient (Wildman–Crippen LogP) is 2.26. The first-order valence-corrected chi connectivity index (χ1v) is 9.22. The van der Waals surface area contributed by atoms with Crippen LogP contribution in [0, 0.1) is 5.92 Å². The third-order valence-electron chi connectivity index (χ3n) is 4.03. The lowest BCUT2D eigenvalue weighted by Crippen LogP contribution is -2.49. The fraction of sp³-hybridized carbons (Fsp3) is 1.00. The number of ether oxygens (including phenoxy) is 1. The van der Waals surface area contributed by atoms with Crippen LogP contribution in [0.5, 0.6) is 0 Å². The molecule has 2 saturated heterocycles. The number of hydrogen-bond acceptors (Lipinski definition) is 5. The highest BCUT2D eigenvalue weighted by atomic mass is 32.2. The lowest BCUT2D eigenvalue weighted by atomic mass is 9.90. The summed E-state index contributed by atoms with van der Waals surface area (Å²) in [6, 6.07) is 0.468. The van der Waals surface area contributed by atoms with Gasteiger partial charge in [-0.1, -0.05) is 6.92 Å². The zero-order valence-electron chi connectivity index (χ0n) is 11.3. The van der Waals surface area contributed by atoms with Crippen LogP contribution < -0.4 is 11.3 Å². The molecule has 0 aliphatic carbocycles. The van der Waals surface area contributed by atoms with Crippen LogP contribution in [0.1, 0.15) is 32.6 Å². The Morgan fingerprint density at radius 2 is 2.00 bits per heavy atom. The average molecular weight is 290 g/mol. The van der Waals surface area contributed by atoms with Gasteiger partial charge in [0.2, 0.25) is 0 Å². The molecule has 3 atom stereocenters. The zero-order valence-corrected chi connectivity index (χ0v) is 12.9. The number of nitrogens with one attached hydrogen (secondary N) is 1. The number of hydrogen-bond donors (Lipinski definition) is 2. The number of rotatable bonds is 5. The van der Waals surface area contributed by atoms with Crippen molar-refractivity contribution in [2.45, 2.75) is 49.1 Å². The van der Waals surface area contributed by atoms with Crippen LogP contribution in [-0.4, -0.2) is 41.3 Å². The Labute approximate surface area is 119 Å². The molecule has 18 heavy (non-hydrogen) atoms. The molecular formula is C13H26N2OS2. The Bertz CT molecular complexity index is 237. The summed E-state index contributed by atoms with van der Waals surface area (Å²) in [7, 11) is 0. The minimum Gasteiger partial charge on any atom is -0.381 e. The third kappa shape index (κ3) is 4.04. The Morgan fingerprint density at radius 1 is 1.28 bits per heavy atom. The summed E-state index contributed by atoms with van der Waals surface area (Å²) in [6.45, 7) is 4.18. The first-order valence-electron chi connectivity index (χ1n) is 7.12. The van der Waals surface area contributed by atoms with E-state index in [-0.39, 0.29) is 0 Å². The van der Waals surface area contributed by atoms with E-state index in [0.717, 1.165) is 24.4 Å². The van der Waals surface area contributed by atoms with E-state index < -0.39 is 0 Å². The van der Waals surface area contributed by atoms with E-state index >= 15 is 0 Å². The number of thioether (sulfide) groups is 2. The van der Waals surface area contributed by atoms with Gasteiger partial charge in [-0.05, 0) is 31.6 Å². The number of hydrazine groups is 1. The second-order valence-corrected chi connectivity index (χ2v) is 7.85. The summed E-state index contributed by atoms with van der Waals surface area (Å²) in [5, 5.41) is 1.45. The van der Waals surface area contributed by atoms with Crippen LogP contribution in [0.2, 0.25) is 0 Å². The largest absolute Gasteiger partial charge is 0.381 e. The van der Waals surface area contributed by atoms with E-state index in [0.29, 0.717) is 11.3 Å². The van der Waals surface area contributed by atoms with Gasteiger partial charge in [-0.3, -0.25) is 11.3 Å². The molecule has 3 nitrogen and oxygen atoms in total. The van der Waals surface area contributed by atoms with Crippen molar-refractivity contribution in [3.8, 4) is 0 Å². The van der Waals surface area contributed by atoms with Crippen molar-refractivity contribution in [2.24, 2.45) is 11.8 Å². The molecule has 0 aromatic carbocycles. The molecule has 5 heteroatoms. The normalized spacial score (nSPS) is 32.3. The van der Waals surface area contributed by atoms with Gasteiger partial charge in [-0.25, -0.2) is 0 Å². The molecule has 2 fully saturated rings. The minimum absolute atomic E-state index is 0.468. The Kier molecular flexibility index (Phi) is 6.66. The summed E-state index contributed by atoms with van der Waals surface area (Å²) >= 11 is 4.26. The lowest BCUT2D eigenvalue weighted by molar-refractivity contribution is 0.0604. The van der Waals surface area contributed by atoms with Crippen molar-refractivity contribution in [3.05, 3.63) is 0 Å². The van der Waals surface area contributed by atoms with Crippen molar-refractivity contribution >= 4 is 23.5 Å². The maximum Gasteiger partial charge on any atom is 0.0468 e. The first-order chi connectivity index (χ1) is 8.85. The zero-order chi connectivity index (χ0) is 12.8. The molecule has 2 aliphatic heterocycles. The molecule has 0 bridgehead atoms. The van der Waals surface area contributed by atoms with Gasteiger partial charge in [0.15, 0.2) is 0 Å². The van der Waals surface area contributed by atoms with E-state index in [9.17, 15) is 0 Å². The molecule has 0 aromatic rings. The van der Waals surface area contributed by atoms with E-state index in [2.05, 4.69) is 35.9 Å². The van der Waals surface area contributed by atoms with Gasteiger partial charge in [-0.15, -0.1) is 0 Å². The molecule has 0 amide bonds. The quantitative estimate of drug-likeness (QED) is 0.601. The third-order valence-corrected chi connectivity index (χ3v) is 7.44. The SMILES string of the molecule is CCC1SCCSC1C(CC1CCOCC1)NN. The lowest BCUT2D eigenvalue weighted by Gasteiger charge is -2.37. The van der Waals surface area contributed by atoms with Crippen LogP contribution >= 0.6 is 23.5 Å². The van der Waals surface area contributed by atoms with Crippen molar-refractivity contribution < 1.29 is 4.74 Å². The highest BCUT2D eigenvalue weighted by Crippen LogP contribution is 2.37. The van der Waals surface area contributed by atoms with Gasteiger partial charge in [0.05, 0.1) is 0 Å². The standard InChI is InChI=1S/C13H26N2OS2/c1-2-12-13(18-8-7-17-12)11(15-14)9-10-3-5-16-6-4-10/h10-13,15H,2-9,14H2,1H3. The van der Waals surface area contributed by atoms with Gasteiger partial charge >= 0.3 is 0 Å². The maximum atomic E-state index is 5.83. The first kappa shape index (κ1) is 15.0. The van der Waals surface area contributed by atoms with Crippen LogP contribution in [0.4, 0.5) is 0 Å². The van der Waals surface area contributed by atoms with E-state index in [1.54, 1.807) is 0 Å². The molecule has 0 saturated carbocycles. The maximum absolute atomic E-state index is 5.83. The van der Waals surface area contributed by atoms with E-state index in [1.165, 1.54) is 37.2 Å². The van der Waals surface area contributed by atoms with Crippen molar-refractivity contribution in [1.29, 1.82) is 0 Å². The Morgan fingerprint density at radius 3 is 2.67 bits per heavy atom. The van der Waals surface area contributed by atoms with Crippen LogP contribution in [-0.2, 0) is 4.74 Å². The van der Waals surface area contributed by atoms with Gasteiger partial charge in [-0.2, -0.15) is 23.5 Å². The van der Waals surface area contributed by atoms with Crippen molar-refractivity contribution in [2.75, 3.05) is 24.7 Å². The van der Waals surface area contributed by atoms with Gasteiger partial charge in [0, 0.05) is 41.3 Å². The highest BCUT2D eigenvalue weighted by molar-refractivity contribution is 8.07. The van der Waals surface area contributed by atoms with Gasteiger partial charge in [0.1, 0.15) is 0 Å².